The summed E-state index contributed by atoms with van der Waals surface area (Å²) in [5.74, 6) is -0.119. The molecule has 1 aliphatic carbocycles. The monoisotopic (exact) mass is 550 g/mol. The Morgan fingerprint density at radius 3 is 2.61 bits per heavy atom. The fraction of sp³-hybridized carbons (Fsp3) is 0.345. The fourth-order valence-electron chi connectivity index (χ4n) is 4.94. The van der Waals surface area contributed by atoms with E-state index < -0.39 is 5.97 Å². The van der Waals surface area contributed by atoms with Gasteiger partial charge in [-0.25, -0.2) is 4.79 Å². The van der Waals surface area contributed by atoms with Crippen molar-refractivity contribution in [1.82, 2.24) is 0 Å². The molecule has 1 atom stereocenters. The molecule has 0 saturated carbocycles. The van der Waals surface area contributed by atoms with Gasteiger partial charge < -0.3 is 19.7 Å². The maximum atomic E-state index is 13.5. The summed E-state index contributed by atoms with van der Waals surface area (Å²) in [5.41, 5.74) is 3.20. The Labute approximate surface area is 230 Å². The van der Waals surface area contributed by atoms with Gasteiger partial charge in [-0.1, -0.05) is 24.3 Å². The van der Waals surface area contributed by atoms with Crippen LogP contribution in [0.25, 0.3) is 0 Å². The number of aryl methyl sites for hydroxylation is 1. The van der Waals surface area contributed by atoms with Gasteiger partial charge >= 0.3 is 5.97 Å². The van der Waals surface area contributed by atoms with Crippen LogP contribution in [-0.4, -0.2) is 38.0 Å². The van der Waals surface area contributed by atoms with Crippen LogP contribution in [0.2, 0.25) is 0 Å². The van der Waals surface area contributed by atoms with Crippen LogP contribution in [-0.2, 0) is 27.2 Å². The van der Waals surface area contributed by atoms with Crippen molar-refractivity contribution in [2.45, 2.75) is 49.2 Å². The maximum Gasteiger partial charge on any atom is 0.341 e. The lowest BCUT2D eigenvalue weighted by molar-refractivity contribution is -0.121. The van der Waals surface area contributed by atoms with Gasteiger partial charge in [0, 0.05) is 21.4 Å². The molecule has 198 valence electrons. The number of esters is 1. The number of carbonyl (C=O) groups excluding carboxylic acids is 3. The van der Waals surface area contributed by atoms with Crippen LogP contribution in [0.3, 0.4) is 0 Å². The first-order valence-electron chi connectivity index (χ1n) is 12.8. The summed E-state index contributed by atoms with van der Waals surface area (Å²) in [5, 5.41) is 3.37. The van der Waals surface area contributed by atoms with E-state index in [1.54, 1.807) is 30.7 Å². The molecule has 3 aromatic rings. The molecule has 0 spiro atoms. The zero-order chi connectivity index (χ0) is 26.6. The summed E-state index contributed by atoms with van der Waals surface area (Å²) in [4.78, 5) is 43.3. The van der Waals surface area contributed by atoms with Gasteiger partial charge in [-0.2, -0.15) is 0 Å². The molecule has 7 nitrogen and oxygen atoms in total. The van der Waals surface area contributed by atoms with Crippen LogP contribution >= 0.6 is 23.1 Å². The summed E-state index contributed by atoms with van der Waals surface area (Å²) in [6, 6.07) is 15.4. The number of nitrogens with zero attached hydrogens (tertiary/aromatic N) is 1. The molecule has 5 rings (SSSR count). The lowest BCUT2D eigenvalue weighted by atomic mass is 9.95. The van der Waals surface area contributed by atoms with E-state index in [4.69, 9.17) is 9.47 Å². The molecule has 9 heteroatoms. The van der Waals surface area contributed by atoms with E-state index in [1.807, 2.05) is 48.5 Å². The van der Waals surface area contributed by atoms with E-state index in [9.17, 15) is 14.4 Å². The number of nitrogens with one attached hydrogen (secondary N) is 1. The summed E-state index contributed by atoms with van der Waals surface area (Å²) < 4.78 is 10.6. The number of ether oxygens (including phenoxy) is 2. The van der Waals surface area contributed by atoms with Crippen molar-refractivity contribution in [1.29, 1.82) is 0 Å². The molecule has 0 bridgehead atoms. The van der Waals surface area contributed by atoms with Crippen molar-refractivity contribution in [3.8, 4) is 5.75 Å². The highest BCUT2D eigenvalue weighted by atomic mass is 32.2. The first-order chi connectivity index (χ1) is 18.5. The third-order valence-corrected chi connectivity index (χ3v) is 9.31. The van der Waals surface area contributed by atoms with Gasteiger partial charge in [-0.3, -0.25) is 9.59 Å². The molecule has 0 fully saturated rings. The van der Waals surface area contributed by atoms with Crippen molar-refractivity contribution >= 4 is 51.6 Å². The zero-order valence-corrected chi connectivity index (χ0v) is 23.1. The minimum Gasteiger partial charge on any atom is -0.497 e. The van der Waals surface area contributed by atoms with Crippen LogP contribution < -0.4 is 15.0 Å². The molecular weight excluding hydrogens is 520 g/mol. The SMILES string of the molecule is CCOC(=O)c1c(NC(=O)CN2C(=O)CC(c3ccc(OC)cc3)Sc3ccccc32)sc2c1CCCC2. The van der Waals surface area contributed by atoms with Crippen LogP contribution in [0.15, 0.2) is 53.4 Å². The standard InChI is InChI=1S/C29H30N2O5S2/c1-3-36-29(34)27-20-8-4-6-10-22(20)38-28(27)30-25(32)17-31-21-9-5-7-11-23(21)37-24(16-26(31)33)18-12-14-19(35-2)15-13-18/h5,7,9,11-15,24H,3-4,6,8,10,16-17H2,1-2H3,(H,30,32). The molecular formula is C29H30N2O5S2. The summed E-state index contributed by atoms with van der Waals surface area (Å²) in [7, 11) is 1.62. The molecule has 1 aromatic heterocycles. The number of para-hydroxylation sites is 1. The maximum absolute atomic E-state index is 13.5. The number of carbonyl (C=O) groups is 3. The number of fused-ring (bicyclic) bond motifs is 2. The number of benzene rings is 2. The normalized spacial score (nSPS) is 16.7. The van der Waals surface area contributed by atoms with E-state index in [0.29, 0.717) is 16.3 Å². The van der Waals surface area contributed by atoms with Gasteiger partial charge in [-0.05, 0) is 68.0 Å². The van der Waals surface area contributed by atoms with E-state index in [2.05, 4.69) is 5.32 Å². The highest BCUT2D eigenvalue weighted by molar-refractivity contribution is 7.99. The predicted molar refractivity (Wildman–Crippen MR) is 151 cm³/mol. The molecule has 1 unspecified atom stereocenters. The lowest BCUT2D eigenvalue weighted by Crippen LogP contribution is -2.38. The third-order valence-electron chi connectivity index (χ3n) is 6.78. The molecule has 1 aliphatic heterocycles. The predicted octanol–water partition coefficient (Wildman–Crippen LogP) is 6.02. The Balaban J connectivity index is 1.39. The van der Waals surface area contributed by atoms with Gasteiger partial charge in [-0.15, -0.1) is 23.1 Å². The number of hydrogen-bond donors (Lipinski definition) is 1. The average molecular weight is 551 g/mol. The zero-order valence-electron chi connectivity index (χ0n) is 21.5. The fourth-order valence-corrected chi connectivity index (χ4v) is 7.51. The Hall–Kier alpha value is -3.30. The molecule has 0 radical (unpaired) electrons. The van der Waals surface area contributed by atoms with Crippen molar-refractivity contribution in [2.75, 3.05) is 30.5 Å². The summed E-state index contributed by atoms with van der Waals surface area (Å²) >= 11 is 3.07. The van der Waals surface area contributed by atoms with Gasteiger partial charge in [0.1, 0.15) is 17.3 Å². The lowest BCUT2D eigenvalue weighted by Gasteiger charge is -2.22. The number of hydrogen-bond acceptors (Lipinski definition) is 7. The Kier molecular flexibility index (Phi) is 8.04. The van der Waals surface area contributed by atoms with Gasteiger partial charge in [0.25, 0.3) is 0 Å². The number of thiophene rings is 1. The van der Waals surface area contributed by atoms with E-state index in [1.165, 1.54) is 11.3 Å². The molecule has 0 saturated heterocycles. The quantitative estimate of drug-likeness (QED) is 0.362. The van der Waals surface area contributed by atoms with Crippen molar-refractivity contribution in [3.05, 3.63) is 70.1 Å². The van der Waals surface area contributed by atoms with Crippen molar-refractivity contribution in [2.24, 2.45) is 0 Å². The van der Waals surface area contributed by atoms with E-state index in [-0.39, 0.29) is 36.6 Å². The second kappa shape index (κ2) is 11.6. The molecule has 2 aromatic carbocycles. The van der Waals surface area contributed by atoms with Crippen LogP contribution in [0.5, 0.6) is 5.75 Å². The van der Waals surface area contributed by atoms with Gasteiger partial charge in [0.15, 0.2) is 0 Å². The number of anilines is 2. The molecule has 2 aliphatic rings. The minimum absolute atomic E-state index is 0.0953. The second-order valence-corrected chi connectivity index (χ2v) is 11.6. The molecule has 2 heterocycles. The van der Waals surface area contributed by atoms with Crippen molar-refractivity contribution < 1.29 is 23.9 Å². The Morgan fingerprint density at radius 1 is 1.08 bits per heavy atom. The highest BCUT2D eigenvalue weighted by Crippen LogP contribution is 2.46. The molecule has 2 amide bonds. The van der Waals surface area contributed by atoms with E-state index in [0.717, 1.165) is 52.3 Å². The number of thioether (sulfide) groups is 1. The average Bonchev–Trinajstić information content (AvgIpc) is 3.22. The highest BCUT2D eigenvalue weighted by Gasteiger charge is 2.32. The second-order valence-electron chi connectivity index (χ2n) is 9.22. The number of rotatable bonds is 7. The largest absolute Gasteiger partial charge is 0.497 e. The van der Waals surface area contributed by atoms with Crippen LogP contribution in [0.4, 0.5) is 10.7 Å². The first kappa shape index (κ1) is 26.3. The van der Waals surface area contributed by atoms with E-state index >= 15 is 0 Å². The Morgan fingerprint density at radius 2 is 1.84 bits per heavy atom. The Bertz CT molecular complexity index is 1350. The van der Waals surface area contributed by atoms with Gasteiger partial charge in [0.05, 0.1) is 25.0 Å². The van der Waals surface area contributed by atoms with Crippen LogP contribution in [0, 0.1) is 0 Å². The number of amides is 2. The molecule has 38 heavy (non-hydrogen) atoms. The number of methoxy groups -OCH3 is 1. The summed E-state index contributed by atoms with van der Waals surface area (Å²) in [6.07, 6.45) is 4.02. The topological polar surface area (TPSA) is 84.9 Å². The summed E-state index contributed by atoms with van der Waals surface area (Å²) in [6.45, 7) is 1.90. The van der Waals surface area contributed by atoms with Crippen LogP contribution in [0.1, 0.15) is 57.8 Å². The smallest absolute Gasteiger partial charge is 0.341 e. The first-order valence-corrected chi connectivity index (χ1v) is 14.5. The third kappa shape index (κ3) is 5.44. The van der Waals surface area contributed by atoms with Crippen molar-refractivity contribution in [3.63, 3.8) is 0 Å². The minimum atomic E-state index is -0.405. The van der Waals surface area contributed by atoms with Gasteiger partial charge in [0.2, 0.25) is 11.8 Å². The molecule has 1 N–H and O–H groups in total.